The highest BCUT2D eigenvalue weighted by atomic mass is 16.5. The number of methoxy groups -OCH3 is 2. The molecule has 19 heavy (non-hydrogen) atoms. The molecule has 0 N–H and O–H groups in total. The van der Waals surface area contributed by atoms with Gasteiger partial charge in [-0.2, -0.15) is 0 Å². The lowest BCUT2D eigenvalue weighted by atomic mass is 9.79. The lowest BCUT2D eigenvalue weighted by Crippen LogP contribution is -2.35. The molecule has 0 bridgehead atoms. The first kappa shape index (κ1) is 12.4. The Hall–Kier alpha value is -1.64. The maximum absolute atomic E-state index is 5.52. The molecule has 98 valence electrons. The van der Waals surface area contributed by atoms with Gasteiger partial charge in [0, 0.05) is 14.2 Å². The second-order valence-corrected chi connectivity index (χ2v) is 5.04. The van der Waals surface area contributed by atoms with Gasteiger partial charge in [0.25, 0.3) is 0 Å². The van der Waals surface area contributed by atoms with Crippen LogP contribution in [0, 0.1) is 0 Å². The van der Waals surface area contributed by atoms with Gasteiger partial charge in [0.05, 0.1) is 18.6 Å². The van der Waals surface area contributed by atoms with E-state index in [-0.39, 0.29) is 5.41 Å². The average molecular weight is 254 g/mol. The summed E-state index contributed by atoms with van der Waals surface area (Å²) in [6, 6.07) is 17.1. The molecule has 2 heteroatoms. The summed E-state index contributed by atoms with van der Waals surface area (Å²) in [5, 5.41) is 0. The molecule has 0 fully saturated rings. The molecule has 0 radical (unpaired) electrons. The molecule has 0 atom stereocenters. The zero-order valence-corrected chi connectivity index (χ0v) is 11.3. The van der Waals surface area contributed by atoms with E-state index in [1.165, 1.54) is 22.3 Å². The van der Waals surface area contributed by atoms with Crippen molar-refractivity contribution in [2.45, 2.75) is 5.41 Å². The smallest absolute Gasteiger partial charge is 0.0681 e. The van der Waals surface area contributed by atoms with Crippen LogP contribution in [0.25, 0.3) is 11.1 Å². The summed E-state index contributed by atoms with van der Waals surface area (Å²) >= 11 is 0. The molecular formula is C17H18O2. The molecule has 1 aliphatic carbocycles. The van der Waals surface area contributed by atoms with Gasteiger partial charge in [0.15, 0.2) is 0 Å². The Morgan fingerprint density at radius 1 is 0.737 bits per heavy atom. The summed E-state index contributed by atoms with van der Waals surface area (Å²) in [7, 11) is 3.50. The molecule has 0 aliphatic heterocycles. The monoisotopic (exact) mass is 254 g/mol. The van der Waals surface area contributed by atoms with Crippen molar-refractivity contribution in [3.05, 3.63) is 59.7 Å². The van der Waals surface area contributed by atoms with Crippen molar-refractivity contribution in [1.29, 1.82) is 0 Å². The highest BCUT2D eigenvalue weighted by molar-refractivity contribution is 5.81. The van der Waals surface area contributed by atoms with E-state index < -0.39 is 0 Å². The fourth-order valence-electron chi connectivity index (χ4n) is 3.26. The van der Waals surface area contributed by atoms with E-state index in [1.54, 1.807) is 14.2 Å². The van der Waals surface area contributed by atoms with Crippen molar-refractivity contribution in [3.63, 3.8) is 0 Å². The van der Waals surface area contributed by atoms with Gasteiger partial charge in [-0.3, -0.25) is 0 Å². The maximum atomic E-state index is 5.52. The summed E-state index contributed by atoms with van der Waals surface area (Å²) in [6.45, 7) is 1.27. The Bertz CT molecular complexity index is 536. The molecular weight excluding hydrogens is 236 g/mol. The van der Waals surface area contributed by atoms with E-state index in [0.717, 1.165) is 0 Å². The molecule has 2 aromatic rings. The van der Waals surface area contributed by atoms with Crippen LogP contribution in [-0.4, -0.2) is 27.4 Å². The first-order chi connectivity index (χ1) is 9.33. The summed E-state index contributed by atoms with van der Waals surface area (Å²) in [5.41, 5.74) is 5.02. The fourth-order valence-corrected chi connectivity index (χ4v) is 3.26. The first-order valence-electron chi connectivity index (χ1n) is 6.51. The van der Waals surface area contributed by atoms with Crippen LogP contribution < -0.4 is 0 Å². The van der Waals surface area contributed by atoms with Gasteiger partial charge in [-0.1, -0.05) is 48.5 Å². The second kappa shape index (κ2) is 4.80. The van der Waals surface area contributed by atoms with Gasteiger partial charge in [0.2, 0.25) is 0 Å². The summed E-state index contributed by atoms with van der Waals surface area (Å²) in [6.07, 6.45) is 0. The van der Waals surface area contributed by atoms with Crippen LogP contribution in [0.4, 0.5) is 0 Å². The van der Waals surface area contributed by atoms with Gasteiger partial charge < -0.3 is 9.47 Å². The third-order valence-electron chi connectivity index (χ3n) is 3.96. The van der Waals surface area contributed by atoms with E-state index in [1.807, 2.05) is 0 Å². The lowest BCUT2D eigenvalue weighted by molar-refractivity contribution is 0.0814. The van der Waals surface area contributed by atoms with E-state index in [0.29, 0.717) is 13.2 Å². The SMILES string of the molecule is COCC1(COC)c2ccccc2-c2ccccc21. The van der Waals surface area contributed by atoms with E-state index in [9.17, 15) is 0 Å². The minimum absolute atomic E-state index is 0.184. The Kier molecular flexibility index (Phi) is 3.13. The number of hydrogen-bond acceptors (Lipinski definition) is 2. The molecule has 0 spiro atoms. The van der Waals surface area contributed by atoms with Crippen molar-refractivity contribution in [1.82, 2.24) is 0 Å². The van der Waals surface area contributed by atoms with Crippen molar-refractivity contribution in [2.75, 3.05) is 27.4 Å². The van der Waals surface area contributed by atoms with Gasteiger partial charge >= 0.3 is 0 Å². The topological polar surface area (TPSA) is 18.5 Å². The molecule has 2 nitrogen and oxygen atoms in total. The Balaban J connectivity index is 2.28. The number of rotatable bonds is 4. The van der Waals surface area contributed by atoms with Crippen LogP contribution in [-0.2, 0) is 14.9 Å². The molecule has 0 amide bonds. The molecule has 0 aromatic heterocycles. The predicted octanol–water partition coefficient (Wildman–Crippen LogP) is 3.25. The number of hydrogen-bond donors (Lipinski definition) is 0. The first-order valence-corrected chi connectivity index (χ1v) is 6.51. The normalized spacial score (nSPS) is 15.1. The third-order valence-corrected chi connectivity index (χ3v) is 3.96. The van der Waals surface area contributed by atoms with Crippen LogP contribution in [0.2, 0.25) is 0 Å². The standard InChI is InChI=1S/C17H18O2/c1-18-11-17(12-19-2)15-9-5-3-7-13(15)14-8-4-6-10-16(14)17/h3-10H,11-12H2,1-2H3. The highest BCUT2D eigenvalue weighted by Crippen LogP contribution is 2.48. The zero-order chi connectivity index (χ0) is 13.3. The van der Waals surface area contributed by atoms with Gasteiger partial charge in [0.1, 0.15) is 0 Å². The van der Waals surface area contributed by atoms with Crippen molar-refractivity contribution < 1.29 is 9.47 Å². The molecule has 3 rings (SSSR count). The summed E-state index contributed by atoms with van der Waals surface area (Å²) in [4.78, 5) is 0. The molecule has 0 saturated heterocycles. The van der Waals surface area contributed by atoms with Crippen LogP contribution in [0.15, 0.2) is 48.5 Å². The number of benzene rings is 2. The minimum atomic E-state index is -0.184. The molecule has 1 aliphatic rings. The van der Waals surface area contributed by atoms with Crippen molar-refractivity contribution >= 4 is 0 Å². The molecule has 0 saturated carbocycles. The van der Waals surface area contributed by atoms with Crippen LogP contribution in [0.1, 0.15) is 11.1 Å². The fraction of sp³-hybridized carbons (Fsp3) is 0.294. The summed E-state index contributed by atoms with van der Waals surface area (Å²) < 4.78 is 11.0. The van der Waals surface area contributed by atoms with Crippen LogP contribution in [0.5, 0.6) is 0 Å². The van der Waals surface area contributed by atoms with Gasteiger partial charge in [-0.05, 0) is 22.3 Å². The highest BCUT2D eigenvalue weighted by Gasteiger charge is 2.43. The summed E-state index contributed by atoms with van der Waals surface area (Å²) in [5.74, 6) is 0. The second-order valence-electron chi connectivity index (χ2n) is 5.04. The minimum Gasteiger partial charge on any atom is -0.383 e. The largest absolute Gasteiger partial charge is 0.383 e. The molecule has 2 aromatic carbocycles. The molecule has 0 unspecified atom stereocenters. The average Bonchev–Trinajstić information content (AvgIpc) is 2.72. The Morgan fingerprint density at radius 3 is 1.58 bits per heavy atom. The molecule has 0 heterocycles. The predicted molar refractivity (Wildman–Crippen MR) is 76.4 cm³/mol. The van der Waals surface area contributed by atoms with E-state index in [4.69, 9.17) is 9.47 Å². The van der Waals surface area contributed by atoms with E-state index in [2.05, 4.69) is 48.5 Å². The van der Waals surface area contributed by atoms with Crippen LogP contribution >= 0.6 is 0 Å². The van der Waals surface area contributed by atoms with Crippen molar-refractivity contribution in [2.24, 2.45) is 0 Å². The quantitative estimate of drug-likeness (QED) is 0.834. The maximum Gasteiger partial charge on any atom is 0.0681 e. The Morgan fingerprint density at radius 2 is 1.16 bits per heavy atom. The lowest BCUT2D eigenvalue weighted by Gasteiger charge is -2.30. The van der Waals surface area contributed by atoms with Crippen LogP contribution in [0.3, 0.4) is 0 Å². The number of ether oxygens (including phenoxy) is 2. The van der Waals surface area contributed by atoms with E-state index >= 15 is 0 Å². The zero-order valence-electron chi connectivity index (χ0n) is 11.3. The van der Waals surface area contributed by atoms with Gasteiger partial charge in [-0.15, -0.1) is 0 Å². The third kappa shape index (κ3) is 1.71. The Labute approximate surface area is 114 Å². The van der Waals surface area contributed by atoms with Crippen molar-refractivity contribution in [3.8, 4) is 11.1 Å². The number of fused-ring (bicyclic) bond motifs is 3. The van der Waals surface area contributed by atoms with Gasteiger partial charge in [-0.25, -0.2) is 0 Å².